The highest BCUT2D eigenvalue weighted by Gasteiger charge is 2.21. The molecule has 0 spiro atoms. The van der Waals surface area contributed by atoms with Crippen LogP contribution in [0.15, 0.2) is 30.4 Å². The fourth-order valence-corrected chi connectivity index (χ4v) is 3.79. The van der Waals surface area contributed by atoms with Crippen LogP contribution in [0, 0.1) is 0 Å². The van der Waals surface area contributed by atoms with E-state index in [1.165, 1.54) is 16.7 Å². The van der Waals surface area contributed by atoms with E-state index in [-0.39, 0.29) is 6.61 Å². The number of aliphatic hydroxyl groups is 1. The lowest BCUT2D eigenvalue weighted by molar-refractivity contribution is 0.00491. The molecule has 2 unspecified atom stereocenters. The van der Waals surface area contributed by atoms with Gasteiger partial charge in [-0.05, 0) is 68.7 Å². The number of unbranched alkanes of at least 4 members (excludes halogenated alkanes) is 1. The van der Waals surface area contributed by atoms with Gasteiger partial charge in [0.2, 0.25) is 0 Å². The van der Waals surface area contributed by atoms with E-state index in [4.69, 9.17) is 14.6 Å². The van der Waals surface area contributed by atoms with Crippen LogP contribution >= 0.6 is 0 Å². The summed E-state index contributed by atoms with van der Waals surface area (Å²) in [7, 11) is 2.02. The molecule has 2 rings (SSSR count). The maximum atomic E-state index is 9.04. The molecule has 4 heteroatoms. The van der Waals surface area contributed by atoms with Crippen LogP contribution in [0.4, 0.5) is 0 Å². The van der Waals surface area contributed by atoms with E-state index in [2.05, 4.69) is 23.5 Å². The van der Waals surface area contributed by atoms with Gasteiger partial charge in [0.1, 0.15) is 0 Å². The molecule has 1 aliphatic rings. The molecule has 0 heterocycles. The van der Waals surface area contributed by atoms with Crippen molar-refractivity contribution in [1.82, 2.24) is 5.32 Å². The van der Waals surface area contributed by atoms with Gasteiger partial charge in [-0.15, -0.1) is 0 Å². The van der Waals surface area contributed by atoms with Crippen LogP contribution in [-0.2, 0) is 22.3 Å². The number of aliphatic hydroxyl groups excluding tert-OH is 1. The summed E-state index contributed by atoms with van der Waals surface area (Å²) in [5.41, 5.74) is 4.35. The van der Waals surface area contributed by atoms with E-state index in [1.54, 1.807) is 0 Å². The van der Waals surface area contributed by atoms with Crippen molar-refractivity contribution in [1.29, 1.82) is 0 Å². The average molecular weight is 376 g/mol. The van der Waals surface area contributed by atoms with Crippen molar-refractivity contribution in [2.24, 2.45) is 0 Å². The molecule has 1 aromatic rings. The number of hydrogen-bond acceptors (Lipinski definition) is 4. The smallest absolute Gasteiger partial charge is 0.0704 e. The van der Waals surface area contributed by atoms with Gasteiger partial charge >= 0.3 is 0 Å². The second kappa shape index (κ2) is 13.1. The molecule has 27 heavy (non-hydrogen) atoms. The predicted octanol–water partition coefficient (Wildman–Crippen LogP) is 3.62. The molecule has 2 atom stereocenters. The second-order valence-electron chi connectivity index (χ2n) is 7.38. The SMILES string of the molecule is C/C=C/COCCOC1CCc2cc(C(CCCCO)CNC)ccc2C1. The van der Waals surface area contributed by atoms with Crippen LogP contribution in [0.25, 0.3) is 0 Å². The minimum Gasteiger partial charge on any atom is -0.396 e. The number of allylic oxidation sites excluding steroid dienone is 1. The number of nitrogens with one attached hydrogen (secondary N) is 1. The highest BCUT2D eigenvalue weighted by atomic mass is 16.5. The largest absolute Gasteiger partial charge is 0.396 e. The third kappa shape index (κ3) is 7.74. The monoisotopic (exact) mass is 375 g/mol. The van der Waals surface area contributed by atoms with E-state index in [1.807, 2.05) is 26.1 Å². The van der Waals surface area contributed by atoms with Gasteiger partial charge in [-0.3, -0.25) is 0 Å². The first kappa shape index (κ1) is 22.1. The minimum atomic E-state index is 0.290. The van der Waals surface area contributed by atoms with Crippen molar-refractivity contribution in [3.05, 3.63) is 47.0 Å². The quantitative estimate of drug-likeness (QED) is 0.408. The summed E-state index contributed by atoms with van der Waals surface area (Å²) in [4.78, 5) is 0. The normalized spacial score (nSPS) is 18.0. The fraction of sp³-hybridized carbons (Fsp3) is 0.652. The second-order valence-corrected chi connectivity index (χ2v) is 7.38. The molecule has 0 aromatic heterocycles. The Bertz CT molecular complexity index is 559. The van der Waals surface area contributed by atoms with Crippen LogP contribution in [0.3, 0.4) is 0 Å². The van der Waals surface area contributed by atoms with Gasteiger partial charge in [-0.25, -0.2) is 0 Å². The number of fused-ring (bicyclic) bond motifs is 1. The first-order valence-corrected chi connectivity index (χ1v) is 10.5. The molecule has 0 amide bonds. The number of benzene rings is 1. The molecular formula is C23H37NO3. The van der Waals surface area contributed by atoms with Gasteiger partial charge in [0.25, 0.3) is 0 Å². The highest BCUT2D eigenvalue weighted by Crippen LogP contribution is 2.29. The van der Waals surface area contributed by atoms with E-state index >= 15 is 0 Å². The topological polar surface area (TPSA) is 50.7 Å². The van der Waals surface area contributed by atoms with Crippen molar-refractivity contribution in [3.63, 3.8) is 0 Å². The van der Waals surface area contributed by atoms with Crippen LogP contribution in [0.1, 0.15) is 55.2 Å². The van der Waals surface area contributed by atoms with E-state index in [0.29, 0.717) is 31.8 Å². The van der Waals surface area contributed by atoms with Crippen molar-refractivity contribution < 1.29 is 14.6 Å². The van der Waals surface area contributed by atoms with Crippen LogP contribution < -0.4 is 5.32 Å². The summed E-state index contributed by atoms with van der Waals surface area (Å²) in [5, 5.41) is 12.4. The number of ether oxygens (including phenoxy) is 2. The Hall–Kier alpha value is -1.20. The summed E-state index contributed by atoms with van der Waals surface area (Å²) in [6.45, 7) is 5.28. The maximum absolute atomic E-state index is 9.04. The zero-order valence-corrected chi connectivity index (χ0v) is 17.1. The summed E-state index contributed by atoms with van der Waals surface area (Å²) in [6.07, 6.45) is 10.6. The van der Waals surface area contributed by atoms with Crippen LogP contribution in [0.5, 0.6) is 0 Å². The van der Waals surface area contributed by atoms with Gasteiger partial charge in [-0.2, -0.15) is 0 Å². The molecule has 2 N–H and O–H groups in total. The molecular weight excluding hydrogens is 338 g/mol. The van der Waals surface area contributed by atoms with Gasteiger partial charge in [-0.1, -0.05) is 36.8 Å². The number of rotatable bonds is 13. The van der Waals surface area contributed by atoms with Gasteiger partial charge in [0.05, 0.1) is 25.9 Å². The molecule has 0 aliphatic heterocycles. The Kier molecular flexibility index (Phi) is 10.7. The molecule has 0 fully saturated rings. The number of aryl methyl sites for hydroxylation is 1. The highest BCUT2D eigenvalue weighted by molar-refractivity contribution is 5.36. The molecule has 4 nitrogen and oxygen atoms in total. The standard InChI is InChI=1S/C23H37NO3/c1-3-4-13-26-14-15-27-23-11-10-19-16-20(8-9-21(19)17-23)22(18-24-2)7-5-6-12-25/h3-4,8-9,16,22-25H,5-7,10-15,17-18H2,1-2H3/b4-3+. The molecule has 0 radical (unpaired) electrons. The molecule has 0 saturated carbocycles. The summed E-state index contributed by atoms with van der Waals surface area (Å²) in [5.74, 6) is 0.523. The fourth-order valence-electron chi connectivity index (χ4n) is 3.79. The Balaban J connectivity index is 1.85. The molecule has 1 aliphatic carbocycles. The lowest BCUT2D eigenvalue weighted by atomic mass is 9.85. The molecule has 1 aromatic carbocycles. The predicted molar refractivity (Wildman–Crippen MR) is 111 cm³/mol. The number of likely N-dealkylation sites (N-methyl/N-ethyl adjacent to an activating group) is 1. The van der Waals surface area contributed by atoms with Gasteiger partial charge in [0, 0.05) is 13.2 Å². The Morgan fingerprint density at radius 1 is 1.26 bits per heavy atom. The van der Waals surface area contributed by atoms with E-state index in [0.717, 1.165) is 45.1 Å². The zero-order chi connectivity index (χ0) is 19.3. The lowest BCUT2D eigenvalue weighted by Gasteiger charge is -2.26. The Morgan fingerprint density at radius 3 is 2.93 bits per heavy atom. The van der Waals surface area contributed by atoms with Crippen molar-refractivity contribution in [2.75, 3.05) is 40.0 Å². The Labute approximate surface area is 165 Å². The molecule has 0 saturated heterocycles. The first-order chi connectivity index (χ1) is 13.3. The molecule has 0 bridgehead atoms. The van der Waals surface area contributed by atoms with Crippen molar-refractivity contribution in [2.45, 2.75) is 57.5 Å². The van der Waals surface area contributed by atoms with Crippen molar-refractivity contribution in [3.8, 4) is 0 Å². The van der Waals surface area contributed by atoms with Crippen LogP contribution in [-0.4, -0.2) is 51.2 Å². The summed E-state index contributed by atoms with van der Waals surface area (Å²) < 4.78 is 11.5. The maximum Gasteiger partial charge on any atom is 0.0704 e. The minimum absolute atomic E-state index is 0.290. The van der Waals surface area contributed by atoms with Crippen LogP contribution in [0.2, 0.25) is 0 Å². The van der Waals surface area contributed by atoms with Gasteiger partial charge < -0.3 is 19.9 Å². The first-order valence-electron chi connectivity index (χ1n) is 10.5. The summed E-state index contributed by atoms with van der Waals surface area (Å²) >= 11 is 0. The third-order valence-corrected chi connectivity index (χ3v) is 5.33. The number of hydrogen-bond donors (Lipinski definition) is 2. The van der Waals surface area contributed by atoms with Gasteiger partial charge in [0.15, 0.2) is 0 Å². The lowest BCUT2D eigenvalue weighted by Crippen LogP contribution is -2.25. The van der Waals surface area contributed by atoms with Crippen molar-refractivity contribution >= 4 is 0 Å². The average Bonchev–Trinajstić information content (AvgIpc) is 2.69. The van der Waals surface area contributed by atoms with E-state index in [9.17, 15) is 0 Å². The summed E-state index contributed by atoms with van der Waals surface area (Å²) in [6, 6.07) is 7.01. The zero-order valence-electron chi connectivity index (χ0n) is 17.1. The molecule has 152 valence electrons. The third-order valence-electron chi connectivity index (χ3n) is 5.33. The van der Waals surface area contributed by atoms with E-state index < -0.39 is 0 Å². The Morgan fingerprint density at radius 2 is 2.15 bits per heavy atom.